The van der Waals surface area contributed by atoms with Gasteiger partial charge in [0, 0.05) is 29.7 Å². The van der Waals surface area contributed by atoms with Crippen molar-refractivity contribution in [2.45, 2.75) is 32.2 Å². The van der Waals surface area contributed by atoms with Gasteiger partial charge in [0.15, 0.2) is 0 Å². The maximum Gasteiger partial charge on any atom is 0.307 e. The molecule has 6 heteroatoms. The van der Waals surface area contributed by atoms with Gasteiger partial charge in [-0.25, -0.2) is 4.39 Å². The number of nitrogens with zero attached hydrogens (tertiary/aromatic N) is 1. The van der Waals surface area contributed by atoms with E-state index in [0.29, 0.717) is 29.6 Å². The van der Waals surface area contributed by atoms with Crippen LogP contribution in [0.1, 0.15) is 36.5 Å². The number of amides is 1. The maximum absolute atomic E-state index is 13.3. The van der Waals surface area contributed by atoms with Gasteiger partial charge in [-0.15, -0.1) is 0 Å². The van der Waals surface area contributed by atoms with Crippen molar-refractivity contribution in [3.05, 3.63) is 35.8 Å². The molecule has 23 heavy (non-hydrogen) atoms. The minimum atomic E-state index is -0.347. The summed E-state index contributed by atoms with van der Waals surface area (Å²) in [6, 6.07) is 4.18. The Labute approximate surface area is 133 Å². The second-order valence-corrected chi connectivity index (χ2v) is 5.70. The Hall–Kier alpha value is -2.37. The fourth-order valence-electron chi connectivity index (χ4n) is 3.16. The van der Waals surface area contributed by atoms with Crippen molar-refractivity contribution in [3.8, 4) is 0 Å². The highest BCUT2D eigenvalue weighted by molar-refractivity contribution is 6.07. The summed E-state index contributed by atoms with van der Waals surface area (Å²) in [7, 11) is 0. The molecule has 122 valence electrons. The van der Waals surface area contributed by atoms with Crippen molar-refractivity contribution in [3.63, 3.8) is 0 Å². The molecule has 1 fully saturated rings. The predicted octanol–water partition coefficient (Wildman–Crippen LogP) is 2.86. The van der Waals surface area contributed by atoms with E-state index < -0.39 is 0 Å². The maximum atomic E-state index is 13.3. The van der Waals surface area contributed by atoms with E-state index in [9.17, 15) is 14.0 Å². The number of rotatable bonds is 4. The Morgan fingerprint density at radius 1 is 1.43 bits per heavy atom. The minimum Gasteiger partial charge on any atom is -0.466 e. The van der Waals surface area contributed by atoms with Crippen molar-refractivity contribution >= 4 is 22.8 Å². The SMILES string of the molecule is CCOC(=O)CC1CCCN1C(=O)c1c[nH]c2cc(F)ccc12. The predicted molar refractivity (Wildman–Crippen MR) is 83.6 cm³/mol. The van der Waals surface area contributed by atoms with E-state index in [2.05, 4.69) is 4.98 Å². The van der Waals surface area contributed by atoms with Gasteiger partial charge in [-0.1, -0.05) is 0 Å². The summed E-state index contributed by atoms with van der Waals surface area (Å²) in [5.74, 6) is -0.757. The van der Waals surface area contributed by atoms with Gasteiger partial charge in [-0.3, -0.25) is 9.59 Å². The number of nitrogens with one attached hydrogen (secondary N) is 1. The summed E-state index contributed by atoms with van der Waals surface area (Å²) in [6.45, 7) is 2.73. The van der Waals surface area contributed by atoms with Gasteiger partial charge in [-0.05, 0) is 38.0 Å². The lowest BCUT2D eigenvalue weighted by molar-refractivity contribution is -0.144. The number of aromatic nitrogens is 1. The molecule has 1 unspecified atom stereocenters. The molecular formula is C17H19FN2O3. The van der Waals surface area contributed by atoms with Gasteiger partial charge in [-0.2, -0.15) is 0 Å². The second kappa shape index (κ2) is 6.40. The van der Waals surface area contributed by atoms with Crippen LogP contribution in [-0.2, 0) is 9.53 Å². The van der Waals surface area contributed by atoms with E-state index in [0.717, 1.165) is 12.8 Å². The molecule has 1 N–H and O–H groups in total. The third-order valence-corrected chi connectivity index (χ3v) is 4.22. The number of carbonyl (C=O) groups is 2. The first-order valence-corrected chi connectivity index (χ1v) is 7.83. The van der Waals surface area contributed by atoms with Crippen molar-refractivity contribution in [1.29, 1.82) is 0 Å². The fourth-order valence-corrected chi connectivity index (χ4v) is 3.16. The van der Waals surface area contributed by atoms with Crippen LogP contribution < -0.4 is 0 Å². The Bertz CT molecular complexity index is 741. The first-order chi connectivity index (χ1) is 11.1. The fraction of sp³-hybridized carbons (Fsp3) is 0.412. The molecule has 0 aliphatic carbocycles. The number of hydrogen-bond donors (Lipinski definition) is 1. The van der Waals surface area contributed by atoms with Gasteiger partial charge in [0.2, 0.25) is 0 Å². The molecule has 0 bridgehead atoms. The Morgan fingerprint density at radius 3 is 3.04 bits per heavy atom. The van der Waals surface area contributed by atoms with Crippen molar-refractivity contribution in [2.24, 2.45) is 0 Å². The number of H-pyrrole nitrogens is 1. The van der Waals surface area contributed by atoms with Crippen LogP contribution in [0, 0.1) is 5.82 Å². The number of hydrogen-bond acceptors (Lipinski definition) is 3. The second-order valence-electron chi connectivity index (χ2n) is 5.70. The number of halogens is 1. The number of carbonyl (C=O) groups excluding carboxylic acids is 2. The molecule has 0 saturated carbocycles. The summed E-state index contributed by atoms with van der Waals surface area (Å²) >= 11 is 0. The lowest BCUT2D eigenvalue weighted by Gasteiger charge is -2.23. The molecular weight excluding hydrogens is 299 g/mol. The van der Waals surface area contributed by atoms with Crippen molar-refractivity contribution in [1.82, 2.24) is 9.88 Å². The third kappa shape index (κ3) is 3.06. The molecule has 5 nitrogen and oxygen atoms in total. The van der Waals surface area contributed by atoms with Crippen LogP contribution in [0.5, 0.6) is 0 Å². The highest BCUT2D eigenvalue weighted by Crippen LogP contribution is 2.26. The molecule has 1 aliphatic heterocycles. The number of likely N-dealkylation sites (tertiary alicyclic amines) is 1. The smallest absolute Gasteiger partial charge is 0.307 e. The molecule has 0 spiro atoms. The average molecular weight is 318 g/mol. The monoisotopic (exact) mass is 318 g/mol. The Kier molecular flexibility index (Phi) is 4.32. The van der Waals surface area contributed by atoms with Crippen molar-refractivity contribution < 1.29 is 18.7 Å². The number of esters is 1. The summed E-state index contributed by atoms with van der Waals surface area (Å²) in [6.07, 6.45) is 3.48. The molecule has 1 amide bonds. The van der Waals surface area contributed by atoms with Gasteiger partial charge >= 0.3 is 5.97 Å². The number of ether oxygens (including phenoxy) is 1. The highest BCUT2D eigenvalue weighted by atomic mass is 19.1. The highest BCUT2D eigenvalue weighted by Gasteiger charge is 2.32. The zero-order valence-corrected chi connectivity index (χ0v) is 13.0. The lowest BCUT2D eigenvalue weighted by Crippen LogP contribution is -2.37. The quantitative estimate of drug-likeness (QED) is 0.882. The standard InChI is InChI=1S/C17H19FN2O3/c1-2-23-16(21)9-12-4-3-7-20(12)17(22)14-10-19-15-8-11(18)5-6-13(14)15/h5-6,8,10,12,19H,2-4,7,9H2,1H3. The van der Waals surface area contributed by atoms with Gasteiger partial charge < -0.3 is 14.6 Å². The van der Waals surface area contributed by atoms with E-state index in [1.54, 1.807) is 24.1 Å². The molecule has 2 heterocycles. The third-order valence-electron chi connectivity index (χ3n) is 4.22. The Morgan fingerprint density at radius 2 is 2.26 bits per heavy atom. The van der Waals surface area contributed by atoms with Crippen LogP contribution in [0.2, 0.25) is 0 Å². The van der Waals surface area contributed by atoms with Crippen LogP contribution in [-0.4, -0.2) is 41.0 Å². The van der Waals surface area contributed by atoms with E-state index in [4.69, 9.17) is 4.74 Å². The number of fused-ring (bicyclic) bond motifs is 1. The zero-order valence-electron chi connectivity index (χ0n) is 13.0. The molecule has 1 aromatic heterocycles. The van der Waals surface area contributed by atoms with Gasteiger partial charge in [0.25, 0.3) is 5.91 Å². The largest absolute Gasteiger partial charge is 0.466 e. The normalized spacial score (nSPS) is 17.7. The molecule has 1 atom stereocenters. The van der Waals surface area contributed by atoms with Crippen LogP contribution in [0.25, 0.3) is 10.9 Å². The Balaban J connectivity index is 1.81. The van der Waals surface area contributed by atoms with E-state index >= 15 is 0 Å². The summed E-state index contributed by atoms with van der Waals surface area (Å²) in [5.41, 5.74) is 1.10. The average Bonchev–Trinajstić information content (AvgIpc) is 3.13. The first kappa shape index (κ1) is 15.5. The van der Waals surface area contributed by atoms with Gasteiger partial charge in [0.05, 0.1) is 18.6 Å². The number of benzene rings is 1. The van der Waals surface area contributed by atoms with Crippen LogP contribution in [0.4, 0.5) is 4.39 Å². The van der Waals surface area contributed by atoms with Crippen LogP contribution in [0.3, 0.4) is 0 Å². The van der Waals surface area contributed by atoms with Gasteiger partial charge in [0.1, 0.15) is 5.82 Å². The molecule has 1 saturated heterocycles. The number of aromatic amines is 1. The minimum absolute atomic E-state index is 0.130. The zero-order chi connectivity index (χ0) is 16.4. The van der Waals surface area contributed by atoms with E-state index in [1.807, 2.05) is 0 Å². The summed E-state index contributed by atoms with van der Waals surface area (Å²) in [4.78, 5) is 29.2. The van der Waals surface area contributed by atoms with E-state index in [-0.39, 0.29) is 30.2 Å². The molecule has 0 radical (unpaired) electrons. The molecule has 1 aromatic carbocycles. The first-order valence-electron chi connectivity index (χ1n) is 7.83. The van der Waals surface area contributed by atoms with Crippen molar-refractivity contribution in [2.75, 3.05) is 13.2 Å². The summed E-state index contributed by atoms with van der Waals surface area (Å²) in [5, 5.41) is 0.693. The topological polar surface area (TPSA) is 62.4 Å². The molecule has 3 rings (SSSR count). The molecule has 2 aromatic rings. The van der Waals surface area contributed by atoms with Crippen LogP contribution in [0.15, 0.2) is 24.4 Å². The summed E-state index contributed by atoms with van der Waals surface area (Å²) < 4.78 is 18.2. The lowest BCUT2D eigenvalue weighted by atomic mass is 10.1. The molecule has 1 aliphatic rings. The van der Waals surface area contributed by atoms with E-state index in [1.165, 1.54) is 12.1 Å². The van der Waals surface area contributed by atoms with Crippen LogP contribution >= 0.6 is 0 Å².